The molecule has 1 N–H and O–H groups in total. The zero-order valence-corrected chi connectivity index (χ0v) is 13.1. The van der Waals surface area contributed by atoms with Crippen LogP contribution in [0.5, 0.6) is 0 Å². The van der Waals surface area contributed by atoms with Crippen molar-refractivity contribution in [1.29, 1.82) is 0 Å². The zero-order valence-electron chi connectivity index (χ0n) is 12.3. The van der Waals surface area contributed by atoms with Crippen molar-refractivity contribution in [3.8, 4) is 0 Å². The minimum absolute atomic E-state index is 0.209. The predicted molar refractivity (Wildman–Crippen MR) is 80.4 cm³/mol. The third kappa shape index (κ3) is 3.14. The first kappa shape index (κ1) is 14.0. The Bertz CT molecular complexity index is 391. The van der Waals surface area contributed by atoms with E-state index in [1.54, 1.807) is 10.4 Å². The average Bonchev–Trinajstić information content (AvgIpc) is 2.74. The Morgan fingerprint density at radius 1 is 1.50 bits per heavy atom. The van der Waals surface area contributed by atoms with Crippen LogP contribution < -0.4 is 5.32 Å². The lowest BCUT2D eigenvalue weighted by Crippen LogP contribution is -2.48. The Balaban J connectivity index is 1.98. The van der Waals surface area contributed by atoms with Crippen LogP contribution in [-0.2, 0) is 6.42 Å². The molecule has 2 nitrogen and oxygen atoms in total. The van der Waals surface area contributed by atoms with Gasteiger partial charge in [-0.3, -0.25) is 4.90 Å². The zero-order chi connectivity index (χ0) is 13.3. The molecule has 0 saturated heterocycles. The van der Waals surface area contributed by atoms with Crippen molar-refractivity contribution in [3.05, 3.63) is 21.9 Å². The van der Waals surface area contributed by atoms with E-state index >= 15 is 0 Å². The standard InChI is InChI=1S/C15H26N2S/c1-11(10-16-15(3,4)5)17-8-6-14-13(12(17)2)7-9-18-14/h7,9,11-12,16H,6,8,10H2,1-5H3. The van der Waals surface area contributed by atoms with Crippen molar-refractivity contribution in [3.63, 3.8) is 0 Å². The third-order valence-electron chi connectivity index (χ3n) is 3.82. The van der Waals surface area contributed by atoms with Crippen molar-refractivity contribution in [2.45, 2.75) is 58.7 Å². The Kier molecular flexibility index (Phi) is 4.15. The van der Waals surface area contributed by atoms with E-state index in [1.807, 2.05) is 11.3 Å². The molecule has 2 rings (SSSR count). The Morgan fingerprint density at radius 2 is 2.22 bits per heavy atom. The lowest BCUT2D eigenvalue weighted by atomic mass is 9.99. The number of rotatable bonds is 3. The number of hydrogen-bond donors (Lipinski definition) is 1. The first-order valence-electron chi connectivity index (χ1n) is 6.95. The molecule has 102 valence electrons. The lowest BCUT2D eigenvalue weighted by Gasteiger charge is -2.39. The van der Waals surface area contributed by atoms with Crippen LogP contribution >= 0.6 is 11.3 Å². The van der Waals surface area contributed by atoms with E-state index in [0.29, 0.717) is 12.1 Å². The molecular formula is C15H26N2S. The summed E-state index contributed by atoms with van der Waals surface area (Å²) in [6, 6.07) is 3.46. The minimum Gasteiger partial charge on any atom is -0.311 e. The highest BCUT2D eigenvalue weighted by atomic mass is 32.1. The van der Waals surface area contributed by atoms with Gasteiger partial charge in [0.25, 0.3) is 0 Å². The van der Waals surface area contributed by atoms with Gasteiger partial charge >= 0.3 is 0 Å². The summed E-state index contributed by atoms with van der Waals surface area (Å²) >= 11 is 1.92. The molecule has 1 aromatic rings. The second-order valence-corrected chi connectivity index (χ2v) is 7.44. The van der Waals surface area contributed by atoms with Gasteiger partial charge in [-0.1, -0.05) is 0 Å². The van der Waals surface area contributed by atoms with Crippen molar-refractivity contribution < 1.29 is 0 Å². The highest BCUT2D eigenvalue weighted by Crippen LogP contribution is 2.33. The molecule has 0 spiro atoms. The molecule has 0 saturated carbocycles. The van der Waals surface area contributed by atoms with Crippen molar-refractivity contribution in [2.75, 3.05) is 13.1 Å². The van der Waals surface area contributed by atoms with Crippen LogP contribution in [0.4, 0.5) is 0 Å². The van der Waals surface area contributed by atoms with Gasteiger partial charge in [0.2, 0.25) is 0 Å². The molecule has 1 aliphatic heterocycles. The van der Waals surface area contributed by atoms with Gasteiger partial charge in [0.05, 0.1) is 0 Å². The topological polar surface area (TPSA) is 15.3 Å². The molecular weight excluding hydrogens is 240 g/mol. The van der Waals surface area contributed by atoms with Gasteiger partial charge in [-0.25, -0.2) is 0 Å². The van der Waals surface area contributed by atoms with Gasteiger partial charge in [-0.05, 0) is 58.0 Å². The SMILES string of the molecule is CC(CNC(C)(C)C)N1CCc2sccc2C1C. The summed E-state index contributed by atoms with van der Waals surface area (Å²) < 4.78 is 0. The van der Waals surface area contributed by atoms with Crippen LogP contribution in [0.15, 0.2) is 11.4 Å². The van der Waals surface area contributed by atoms with Gasteiger partial charge in [0.15, 0.2) is 0 Å². The third-order valence-corrected chi connectivity index (χ3v) is 4.81. The number of thiophene rings is 1. The van der Waals surface area contributed by atoms with Gasteiger partial charge < -0.3 is 5.32 Å². The van der Waals surface area contributed by atoms with Gasteiger partial charge in [-0.15, -0.1) is 11.3 Å². The van der Waals surface area contributed by atoms with Gasteiger partial charge in [0.1, 0.15) is 0 Å². The predicted octanol–water partition coefficient (Wildman–Crippen LogP) is 3.44. The van der Waals surface area contributed by atoms with E-state index in [-0.39, 0.29) is 5.54 Å². The molecule has 0 aliphatic carbocycles. The monoisotopic (exact) mass is 266 g/mol. The quantitative estimate of drug-likeness (QED) is 0.901. The molecule has 2 atom stereocenters. The Hall–Kier alpha value is -0.380. The van der Waals surface area contributed by atoms with Crippen LogP contribution in [-0.4, -0.2) is 29.6 Å². The molecule has 18 heavy (non-hydrogen) atoms. The smallest absolute Gasteiger partial charge is 0.0334 e. The average molecular weight is 266 g/mol. The van der Waals surface area contributed by atoms with Gasteiger partial charge in [0, 0.05) is 35.6 Å². The highest BCUT2D eigenvalue weighted by molar-refractivity contribution is 7.10. The molecule has 0 radical (unpaired) electrons. The Labute approximate surface area is 115 Å². The second kappa shape index (κ2) is 5.32. The lowest BCUT2D eigenvalue weighted by molar-refractivity contribution is 0.137. The van der Waals surface area contributed by atoms with Crippen LogP contribution in [0.1, 0.15) is 51.1 Å². The summed E-state index contributed by atoms with van der Waals surface area (Å²) in [6.45, 7) is 13.6. The van der Waals surface area contributed by atoms with Crippen LogP contribution in [0.2, 0.25) is 0 Å². The number of hydrogen-bond acceptors (Lipinski definition) is 3. The molecule has 0 bridgehead atoms. The number of nitrogens with zero attached hydrogens (tertiary/aromatic N) is 1. The summed E-state index contributed by atoms with van der Waals surface area (Å²) in [5.74, 6) is 0. The van der Waals surface area contributed by atoms with E-state index in [9.17, 15) is 0 Å². The fourth-order valence-electron chi connectivity index (χ4n) is 2.70. The largest absolute Gasteiger partial charge is 0.311 e. The Morgan fingerprint density at radius 3 is 2.89 bits per heavy atom. The van der Waals surface area contributed by atoms with Crippen LogP contribution in [0.3, 0.4) is 0 Å². The molecule has 3 heteroatoms. The summed E-state index contributed by atoms with van der Waals surface area (Å²) in [5.41, 5.74) is 1.76. The number of fused-ring (bicyclic) bond motifs is 1. The van der Waals surface area contributed by atoms with E-state index in [4.69, 9.17) is 0 Å². The maximum Gasteiger partial charge on any atom is 0.0334 e. The second-order valence-electron chi connectivity index (χ2n) is 6.44. The summed E-state index contributed by atoms with van der Waals surface area (Å²) in [5, 5.41) is 5.86. The molecule has 1 aliphatic rings. The molecule has 2 heterocycles. The first-order valence-corrected chi connectivity index (χ1v) is 7.83. The van der Waals surface area contributed by atoms with Gasteiger partial charge in [-0.2, -0.15) is 0 Å². The molecule has 0 aromatic carbocycles. The summed E-state index contributed by atoms with van der Waals surface area (Å²) in [7, 11) is 0. The highest BCUT2D eigenvalue weighted by Gasteiger charge is 2.28. The minimum atomic E-state index is 0.209. The molecule has 2 unspecified atom stereocenters. The first-order chi connectivity index (χ1) is 8.38. The maximum atomic E-state index is 3.62. The van der Waals surface area contributed by atoms with Crippen molar-refractivity contribution in [1.82, 2.24) is 10.2 Å². The summed E-state index contributed by atoms with van der Waals surface area (Å²) in [4.78, 5) is 4.23. The van der Waals surface area contributed by atoms with Crippen LogP contribution in [0, 0.1) is 0 Å². The van der Waals surface area contributed by atoms with E-state index in [1.165, 1.54) is 13.0 Å². The fraction of sp³-hybridized carbons (Fsp3) is 0.733. The van der Waals surface area contributed by atoms with Crippen molar-refractivity contribution in [2.24, 2.45) is 0 Å². The van der Waals surface area contributed by atoms with E-state index < -0.39 is 0 Å². The normalized spacial score (nSPS) is 22.8. The van der Waals surface area contributed by atoms with E-state index in [0.717, 1.165) is 6.54 Å². The molecule has 0 amide bonds. The maximum absolute atomic E-state index is 3.62. The molecule has 1 aromatic heterocycles. The summed E-state index contributed by atoms with van der Waals surface area (Å²) in [6.07, 6.45) is 1.22. The van der Waals surface area contributed by atoms with Crippen molar-refractivity contribution >= 4 is 11.3 Å². The van der Waals surface area contributed by atoms with Crippen LogP contribution in [0.25, 0.3) is 0 Å². The molecule has 0 fully saturated rings. The fourth-order valence-corrected chi connectivity index (χ4v) is 3.66. The van der Waals surface area contributed by atoms with E-state index in [2.05, 4.69) is 56.3 Å². The number of nitrogens with one attached hydrogen (secondary N) is 1.